The van der Waals surface area contributed by atoms with Crippen molar-refractivity contribution in [1.29, 1.82) is 0 Å². The second-order valence-corrected chi connectivity index (χ2v) is 3.68. The Labute approximate surface area is 94.0 Å². The highest BCUT2D eigenvalue weighted by Crippen LogP contribution is 2.20. The second kappa shape index (κ2) is 4.37. The van der Waals surface area contributed by atoms with Crippen LogP contribution in [0.4, 0.5) is 0 Å². The predicted molar refractivity (Wildman–Crippen MR) is 63.9 cm³/mol. The largest absolute Gasteiger partial charge is 0.358 e. The molecule has 1 aromatic heterocycles. The Morgan fingerprint density at radius 2 is 2.19 bits per heavy atom. The molecule has 0 aliphatic heterocycles. The van der Waals surface area contributed by atoms with E-state index in [-0.39, 0.29) is 5.91 Å². The highest BCUT2D eigenvalue weighted by atomic mass is 16.1. The number of nitrogens with two attached hydrogens (primary N) is 1. The lowest BCUT2D eigenvalue weighted by atomic mass is 10.2. The Bertz CT molecular complexity index is 516. The first-order valence-corrected chi connectivity index (χ1v) is 5.23. The van der Waals surface area contributed by atoms with Crippen molar-refractivity contribution in [3.05, 3.63) is 36.0 Å². The fraction of sp³-hybridized carbons (Fsp3) is 0.250. The molecule has 1 amide bonds. The van der Waals surface area contributed by atoms with Gasteiger partial charge in [-0.25, -0.2) is 0 Å². The summed E-state index contributed by atoms with van der Waals surface area (Å²) in [5.74, 6) is -0.00988. The van der Waals surface area contributed by atoms with Crippen LogP contribution < -0.4 is 11.1 Å². The molecule has 2 aromatic rings. The van der Waals surface area contributed by atoms with Gasteiger partial charge in [-0.05, 0) is 11.6 Å². The Morgan fingerprint density at radius 1 is 1.44 bits per heavy atom. The maximum atomic E-state index is 11.4. The number of rotatable bonds is 3. The number of para-hydroxylation sites is 1. The summed E-state index contributed by atoms with van der Waals surface area (Å²) in [5.41, 5.74) is 7.80. The fourth-order valence-corrected chi connectivity index (χ4v) is 1.85. The molecule has 0 saturated heterocycles. The van der Waals surface area contributed by atoms with Crippen molar-refractivity contribution in [1.82, 2.24) is 9.88 Å². The Morgan fingerprint density at radius 3 is 2.88 bits per heavy atom. The van der Waals surface area contributed by atoms with Gasteiger partial charge in [-0.3, -0.25) is 4.79 Å². The average Bonchev–Trinajstić information content (AvgIpc) is 2.68. The van der Waals surface area contributed by atoms with E-state index >= 15 is 0 Å². The molecule has 2 rings (SSSR count). The van der Waals surface area contributed by atoms with E-state index in [1.165, 1.54) is 0 Å². The molecular weight excluding hydrogens is 202 g/mol. The molecular formula is C12H15N3O. The summed E-state index contributed by atoms with van der Waals surface area (Å²) in [6.07, 6.45) is 1.94. The number of nitrogens with one attached hydrogen (secondary N) is 1. The van der Waals surface area contributed by atoms with Gasteiger partial charge in [0.2, 0.25) is 5.91 Å². The molecule has 84 valence electrons. The van der Waals surface area contributed by atoms with Gasteiger partial charge in [-0.1, -0.05) is 18.2 Å². The third-order valence-corrected chi connectivity index (χ3v) is 2.68. The van der Waals surface area contributed by atoms with Crippen LogP contribution in [0.25, 0.3) is 10.9 Å². The van der Waals surface area contributed by atoms with E-state index in [0.29, 0.717) is 13.1 Å². The van der Waals surface area contributed by atoms with Gasteiger partial charge in [-0.2, -0.15) is 0 Å². The highest BCUT2D eigenvalue weighted by Gasteiger charge is 2.08. The van der Waals surface area contributed by atoms with Crippen LogP contribution in [0.2, 0.25) is 0 Å². The second-order valence-electron chi connectivity index (χ2n) is 3.68. The summed E-state index contributed by atoms with van der Waals surface area (Å²) in [4.78, 5) is 11.4. The van der Waals surface area contributed by atoms with E-state index in [0.717, 1.165) is 16.5 Å². The first-order valence-electron chi connectivity index (χ1n) is 5.23. The van der Waals surface area contributed by atoms with Crippen molar-refractivity contribution in [2.24, 2.45) is 5.73 Å². The number of fused-ring (bicyclic) bond motifs is 1. The number of hydrogen-bond donors (Lipinski definition) is 2. The molecule has 1 aromatic carbocycles. The molecule has 0 bridgehead atoms. The quantitative estimate of drug-likeness (QED) is 0.800. The van der Waals surface area contributed by atoms with E-state index in [1.54, 1.807) is 7.05 Å². The summed E-state index contributed by atoms with van der Waals surface area (Å²) in [6.45, 7) is 0.818. The molecule has 4 nitrogen and oxygen atoms in total. The lowest BCUT2D eigenvalue weighted by molar-refractivity contribution is -0.121. The van der Waals surface area contributed by atoms with Crippen LogP contribution >= 0.6 is 0 Å². The van der Waals surface area contributed by atoms with Gasteiger partial charge < -0.3 is 15.6 Å². The van der Waals surface area contributed by atoms with Gasteiger partial charge in [0.1, 0.15) is 6.54 Å². The average molecular weight is 217 g/mol. The minimum Gasteiger partial charge on any atom is -0.358 e. The monoisotopic (exact) mass is 217 g/mol. The van der Waals surface area contributed by atoms with Crippen molar-refractivity contribution in [3.63, 3.8) is 0 Å². The van der Waals surface area contributed by atoms with E-state index in [4.69, 9.17) is 5.73 Å². The SMILES string of the molecule is CNC(=O)Cn1cc(CN)c2ccccc21. The first-order chi connectivity index (χ1) is 7.76. The number of nitrogens with zero attached hydrogens (tertiary/aromatic N) is 1. The zero-order valence-corrected chi connectivity index (χ0v) is 9.23. The molecule has 16 heavy (non-hydrogen) atoms. The normalized spacial score (nSPS) is 10.6. The van der Waals surface area contributed by atoms with Crippen LogP contribution in [-0.4, -0.2) is 17.5 Å². The minimum atomic E-state index is -0.00988. The van der Waals surface area contributed by atoms with E-state index < -0.39 is 0 Å². The van der Waals surface area contributed by atoms with Crippen LogP contribution in [0.15, 0.2) is 30.5 Å². The van der Waals surface area contributed by atoms with Gasteiger partial charge >= 0.3 is 0 Å². The molecule has 0 spiro atoms. The van der Waals surface area contributed by atoms with Crippen molar-refractivity contribution < 1.29 is 4.79 Å². The third-order valence-electron chi connectivity index (χ3n) is 2.68. The number of aromatic nitrogens is 1. The van der Waals surface area contributed by atoms with E-state index in [9.17, 15) is 4.79 Å². The molecule has 0 atom stereocenters. The fourth-order valence-electron chi connectivity index (χ4n) is 1.85. The molecule has 0 radical (unpaired) electrons. The summed E-state index contributed by atoms with van der Waals surface area (Å²) < 4.78 is 1.93. The lowest BCUT2D eigenvalue weighted by Crippen LogP contribution is -2.23. The molecule has 0 aliphatic carbocycles. The summed E-state index contributed by atoms with van der Waals surface area (Å²) in [5, 5.41) is 3.73. The van der Waals surface area contributed by atoms with E-state index in [1.807, 2.05) is 35.0 Å². The van der Waals surface area contributed by atoms with Gasteiger partial charge in [0.15, 0.2) is 0 Å². The van der Waals surface area contributed by atoms with Gasteiger partial charge in [-0.15, -0.1) is 0 Å². The van der Waals surface area contributed by atoms with Crippen LogP contribution in [0.3, 0.4) is 0 Å². The van der Waals surface area contributed by atoms with Crippen LogP contribution in [0.1, 0.15) is 5.56 Å². The maximum Gasteiger partial charge on any atom is 0.239 e. The standard InChI is InChI=1S/C12H15N3O/c1-14-12(16)8-15-7-9(6-13)10-4-2-3-5-11(10)15/h2-5,7H,6,8,13H2,1H3,(H,14,16). The topological polar surface area (TPSA) is 60.0 Å². The molecule has 0 aliphatic rings. The number of carbonyl (C=O) groups is 1. The van der Waals surface area contributed by atoms with Crippen molar-refractivity contribution in [2.75, 3.05) is 7.05 Å². The summed E-state index contributed by atoms with van der Waals surface area (Å²) >= 11 is 0. The number of benzene rings is 1. The van der Waals surface area contributed by atoms with Crippen LogP contribution in [-0.2, 0) is 17.9 Å². The third kappa shape index (κ3) is 1.79. The summed E-state index contributed by atoms with van der Waals surface area (Å²) in [6, 6.07) is 7.96. The lowest BCUT2D eigenvalue weighted by Gasteiger charge is -2.03. The first kappa shape index (κ1) is 10.7. The number of likely N-dealkylation sites (N-methyl/N-ethyl adjacent to an activating group) is 1. The Kier molecular flexibility index (Phi) is 2.92. The van der Waals surface area contributed by atoms with Crippen LogP contribution in [0, 0.1) is 0 Å². The molecule has 0 fully saturated rings. The minimum absolute atomic E-state index is 0.00988. The molecule has 4 heteroatoms. The van der Waals surface area contributed by atoms with Gasteiger partial charge in [0.05, 0.1) is 0 Å². The smallest absolute Gasteiger partial charge is 0.239 e. The molecule has 0 unspecified atom stereocenters. The van der Waals surface area contributed by atoms with Crippen molar-refractivity contribution in [3.8, 4) is 0 Å². The van der Waals surface area contributed by atoms with Gasteiger partial charge in [0, 0.05) is 30.7 Å². The predicted octanol–water partition coefficient (Wildman–Crippen LogP) is 0.846. The van der Waals surface area contributed by atoms with Crippen molar-refractivity contribution >= 4 is 16.8 Å². The molecule has 1 heterocycles. The highest BCUT2D eigenvalue weighted by molar-refractivity contribution is 5.86. The Hall–Kier alpha value is -1.81. The van der Waals surface area contributed by atoms with Crippen LogP contribution in [0.5, 0.6) is 0 Å². The Balaban J connectivity index is 2.49. The number of amides is 1. The van der Waals surface area contributed by atoms with E-state index in [2.05, 4.69) is 5.32 Å². The number of carbonyl (C=O) groups excluding carboxylic acids is 1. The molecule has 3 N–H and O–H groups in total. The zero-order valence-electron chi connectivity index (χ0n) is 9.23. The zero-order chi connectivity index (χ0) is 11.5. The maximum absolute atomic E-state index is 11.4. The molecule has 0 saturated carbocycles. The number of hydrogen-bond acceptors (Lipinski definition) is 2. The summed E-state index contributed by atoms with van der Waals surface area (Å²) in [7, 11) is 1.64. The van der Waals surface area contributed by atoms with Crippen molar-refractivity contribution in [2.45, 2.75) is 13.1 Å². The van der Waals surface area contributed by atoms with Gasteiger partial charge in [0.25, 0.3) is 0 Å².